The van der Waals surface area contributed by atoms with Gasteiger partial charge in [-0.1, -0.05) is 22.4 Å². The number of piperidine rings is 1. The molecule has 44 heavy (non-hydrogen) atoms. The van der Waals surface area contributed by atoms with Gasteiger partial charge in [-0.05, 0) is 95.9 Å². The lowest BCUT2D eigenvalue weighted by Crippen LogP contribution is -2.46. The number of carbonyl (C=O) groups is 1. The van der Waals surface area contributed by atoms with Crippen LogP contribution in [-0.4, -0.2) is 72.3 Å². The monoisotopic (exact) mass is 659 g/mol. The highest BCUT2D eigenvalue weighted by Gasteiger charge is 2.32. The van der Waals surface area contributed by atoms with Gasteiger partial charge in [-0.2, -0.15) is 5.10 Å². The fraction of sp³-hybridized carbons (Fsp3) is 0.424. The number of ether oxygens (including phenoxy) is 1. The number of aromatic nitrogens is 5. The molecule has 5 heterocycles. The van der Waals surface area contributed by atoms with Crippen molar-refractivity contribution in [1.82, 2.24) is 34.1 Å². The van der Waals surface area contributed by atoms with Gasteiger partial charge in [0.05, 0.1) is 29.8 Å². The largest absolute Gasteiger partial charge is 0.476 e. The average molecular weight is 661 g/mol. The number of pyridine rings is 1. The lowest BCUT2D eigenvalue weighted by Gasteiger charge is -2.34. The van der Waals surface area contributed by atoms with Crippen LogP contribution in [0.5, 0.6) is 5.88 Å². The van der Waals surface area contributed by atoms with E-state index in [0.29, 0.717) is 47.4 Å². The molecule has 0 radical (unpaired) electrons. The molecule has 1 saturated heterocycles. The van der Waals surface area contributed by atoms with Gasteiger partial charge in [-0.25, -0.2) is 19.2 Å². The molecule has 1 amide bonds. The standard InChI is InChI=1S/C33H38BrN7O3/c1-21-16-25(8-10-28(21)34)31(42)39-20-29-27(18-23(39)3)32(43)40(33(36-29)41-24(4)17-22(2)37-41)26-9-11-30(35-19-26)44-15-14-38-12-6-5-7-13-38/h8-11,16-17,19,23H,5-7,12-15,18,20H2,1-4H3/t23-/m1/s1. The first-order chi connectivity index (χ1) is 21.2. The molecule has 0 spiro atoms. The van der Waals surface area contributed by atoms with Crippen LogP contribution in [0.3, 0.4) is 0 Å². The Hall–Kier alpha value is -3.83. The van der Waals surface area contributed by atoms with E-state index in [1.165, 1.54) is 19.3 Å². The van der Waals surface area contributed by atoms with Gasteiger partial charge in [0.15, 0.2) is 0 Å². The van der Waals surface area contributed by atoms with Crippen LogP contribution in [0.25, 0.3) is 11.6 Å². The lowest BCUT2D eigenvalue weighted by molar-refractivity contribution is 0.0652. The highest BCUT2D eigenvalue weighted by molar-refractivity contribution is 9.10. The number of amides is 1. The molecular formula is C33H38BrN7O3. The minimum Gasteiger partial charge on any atom is -0.476 e. The number of hydrogen-bond donors (Lipinski definition) is 0. The first-order valence-electron chi connectivity index (χ1n) is 15.3. The van der Waals surface area contributed by atoms with Crippen LogP contribution in [-0.2, 0) is 13.0 Å². The molecule has 2 aliphatic heterocycles. The zero-order valence-electron chi connectivity index (χ0n) is 25.7. The fourth-order valence-electron chi connectivity index (χ4n) is 6.12. The van der Waals surface area contributed by atoms with Gasteiger partial charge in [0.1, 0.15) is 6.61 Å². The maximum atomic E-state index is 14.2. The molecular weight excluding hydrogens is 622 g/mol. The summed E-state index contributed by atoms with van der Waals surface area (Å²) in [5.41, 5.74) is 4.83. The number of nitrogens with zero attached hydrogens (tertiary/aromatic N) is 7. The molecule has 0 unspecified atom stereocenters. The average Bonchev–Trinajstić information content (AvgIpc) is 3.36. The summed E-state index contributed by atoms with van der Waals surface area (Å²) in [5.74, 6) is 0.794. The van der Waals surface area contributed by atoms with E-state index in [9.17, 15) is 9.59 Å². The predicted molar refractivity (Wildman–Crippen MR) is 172 cm³/mol. The Morgan fingerprint density at radius 3 is 2.55 bits per heavy atom. The number of likely N-dealkylation sites (tertiary alicyclic amines) is 1. The summed E-state index contributed by atoms with van der Waals surface area (Å²) in [6.45, 7) is 11.7. The molecule has 4 aromatic rings. The summed E-state index contributed by atoms with van der Waals surface area (Å²) < 4.78 is 10.2. The number of fused-ring (bicyclic) bond motifs is 1. The third-order valence-electron chi connectivity index (χ3n) is 8.55. The van der Waals surface area contributed by atoms with E-state index in [0.717, 1.165) is 41.1 Å². The van der Waals surface area contributed by atoms with Crippen molar-refractivity contribution in [2.75, 3.05) is 26.2 Å². The van der Waals surface area contributed by atoms with Crippen molar-refractivity contribution in [2.24, 2.45) is 0 Å². The van der Waals surface area contributed by atoms with Crippen LogP contribution in [0.4, 0.5) is 0 Å². The summed E-state index contributed by atoms with van der Waals surface area (Å²) in [6, 6.07) is 11.0. The van der Waals surface area contributed by atoms with Crippen LogP contribution in [0.2, 0.25) is 0 Å². The van der Waals surface area contributed by atoms with E-state index in [-0.39, 0.29) is 24.1 Å². The zero-order chi connectivity index (χ0) is 31.0. The van der Waals surface area contributed by atoms with Gasteiger partial charge in [0, 0.05) is 39.9 Å². The molecule has 10 nitrogen and oxygen atoms in total. The maximum absolute atomic E-state index is 14.2. The minimum atomic E-state index is -0.185. The molecule has 3 aromatic heterocycles. The van der Waals surface area contributed by atoms with Crippen molar-refractivity contribution >= 4 is 21.8 Å². The van der Waals surface area contributed by atoms with Crippen molar-refractivity contribution in [2.45, 2.75) is 66.0 Å². The molecule has 1 atom stereocenters. The van der Waals surface area contributed by atoms with Crippen molar-refractivity contribution in [3.05, 3.63) is 91.2 Å². The van der Waals surface area contributed by atoms with Crippen LogP contribution in [0.15, 0.2) is 51.9 Å². The molecule has 6 rings (SSSR count). The molecule has 1 aromatic carbocycles. The number of rotatable bonds is 7. The van der Waals surface area contributed by atoms with Gasteiger partial charge in [0.25, 0.3) is 11.5 Å². The normalized spacial score (nSPS) is 17.0. The Morgan fingerprint density at radius 1 is 1.07 bits per heavy atom. The van der Waals surface area contributed by atoms with Crippen molar-refractivity contribution in [3.63, 3.8) is 0 Å². The van der Waals surface area contributed by atoms with Gasteiger partial charge < -0.3 is 9.64 Å². The highest BCUT2D eigenvalue weighted by atomic mass is 79.9. The van der Waals surface area contributed by atoms with Gasteiger partial charge in [-0.3, -0.25) is 14.5 Å². The summed E-state index contributed by atoms with van der Waals surface area (Å²) >= 11 is 3.52. The molecule has 1 fully saturated rings. The topological polar surface area (TPSA) is 98.4 Å². The van der Waals surface area contributed by atoms with Crippen LogP contribution >= 0.6 is 15.9 Å². The number of halogens is 1. The van der Waals surface area contributed by atoms with E-state index in [1.807, 2.05) is 58.0 Å². The van der Waals surface area contributed by atoms with Crippen LogP contribution < -0.4 is 10.3 Å². The van der Waals surface area contributed by atoms with E-state index in [4.69, 9.17) is 9.72 Å². The van der Waals surface area contributed by atoms with E-state index < -0.39 is 0 Å². The second kappa shape index (κ2) is 12.6. The predicted octanol–water partition coefficient (Wildman–Crippen LogP) is 4.95. The summed E-state index contributed by atoms with van der Waals surface area (Å²) in [4.78, 5) is 41.6. The van der Waals surface area contributed by atoms with Crippen molar-refractivity contribution in [3.8, 4) is 17.5 Å². The van der Waals surface area contributed by atoms with Crippen LogP contribution in [0.1, 0.15) is 64.8 Å². The van der Waals surface area contributed by atoms with Crippen molar-refractivity contribution < 1.29 is 9.53 Å². The van der Waals surface area contributed by atoms with Gasteiger partial charge in [0.2, 0.25) is 11.8 Å². The molecule has 230 valence electrons. The quantitative estimate of drug-likeness (QED) is 0.277. The maximum Gasteiger partial charge on any atom is 0.263 e. The lowest BCUT2D eigenvalue weighted by atomic mass is 9.98. The fourth-order valence-corrected chi connectivity index (χ4v) is 6.37. The number of carbonyl (C=O) groups excluding carboxylic acids is 1. The third kappa shape index (κ3) is 6.08. The van der Waals surface area contributed by atoms with E-state index in [1.54, 1.807) is 26.4 Å². The van der Waals surface area contributed by atoms with Crippen molar-refractivity contribution in [1.29, 1.82) is 0 Å². The minimum absolute atomic E-state index is 0.0857. The smallest absolute Gasteiger partial charge is 0.263 e. The Bertz CT molecular complexity index is 1740. The van der Waals surface area contributed by atoms with Gasteiger partial charge >= 0.3 is 0 Å². The van der Waals surface area contributed by atoms with E-state index in [2.05, 4.69) is 30.9 Å². The Kier molecular flexibility index (Phi) is 8.68. The zero-order valence-corrected chi connectivity index (χ0v) is 27.3. The first-order valence-corrected chi connectivity index (χ1v) is 16.1. The molecule has 2 aliphatic rings. The number of benzene rings is 1. The van der Waals surface area contributed by atoms with E-state index >= 15 is 0 Å². The highest BCUT2D eigenvalue weighted by Crippen LogP contribution is 2.26. The summed E-state index contributed by atoms with van der Waals surface area (Å²) in [5, 5.41) is 4.65. The molecule has 0 saturated carbocycles. The Morgan fingerprint density at radius 2 is 1.86 bits per heavy atom. The SMILES string of the molecule is Cc1cc(C)n(-c2nc3c(c(=O)n2-c2ccc(OCCN4CCCCC4)nc2)C[C@@H](C)N(C(=O)c2ccc(Br)c(C)c2)C3)n1. The molecule has 11 heteroatoms. The second-order valence-corrected chi connectivity index (χ2v) is 12.7. The molecule has 0 aliphatic carbocycles. The molecule has 0 N–H and O–H groups in total. The Balaban J connectivity index is 1.33. The number of aryl methyl sites for hydroxylation is 3. The second-order valence-electron chi connectivity index (χ2n) is 11.9. The molecule has 0 bridgehead atoms. The number of hydrogen-bond acceptors (Lipinski definition) is 7. The van der Waals surface area contributed by atoms with Crippen LogP contribution in [0, 0.1) is 20.8 Å². The summed E-state index contributed by atoms with van der Waals surface area (Å²) in [7, 11) is 0. The van der Waals surface area contributed by atoms with Gasteiger partial charge in [-0.15, -0.1) is 0 Å². The first kappa shape index (κ1) is 30.2. The summed E-state index contributed by atoms with van der Waals surface area (Å²) in [6.07, 6.45) is 5.83. The Labute approximate surface area is 265 Å². The third-order valence-corrected chi connectivity index (χ3v) is 9.44.